The number of hydrogen-bond acceptors (Lipinski definition) is 8. The number of carbonyl (C=O) groups excluding carboxylic acids is 1. The van der Waals surface area contributed by atoms with E-state index in [1.807, 2.05) is 0 Å². The molecule has 8 heteroatoms. The predicted molar refractivity (Wildman–Crippen MR) is 154 cm³/mol. The fraction of sp³-hybridized carbons (Fsp3) is 0.967. The predicted octanol–water partition coefficient (Wildman–Crippen LogP) is 5.83. The maximum absolute atomic E-state index is 11.8. The average Bonchev–Trinajstić information content (AvgIpc) is 2.92. The molecular weight excluding hydrogens is 486 g/mol. The Balaban J connectivity index is 3.14. The summed E-state index contributed by atoms with van der Waals surface area (Å²) in [7, 11) is 0. The summed E-state index contributed by atoms with van der Waals surface area (Å²) in [6, 6.07) is 0. The van der Waals surface area contributed by atoms with Crippen LogP contribution in [0.3, 0.4) is 0 Å². The first-order valence-corrected chi connectivity index (χ1v) is 15.6. The van der Waals surface area contributed by atoms with Crippen LogP contribution in [0.4, 0.5) is 0 Å². The van der Waals surface area contributed by atoms with E-state index in [-0.39, 0.29) is 5.97 Å². The molecule has 0 radical (unpaired) electrons. The van der Waals surface area contributed by atoms with Crippen molar-refractivity contribution in [2.45, 2.75) is 110 Å². The third-order valence-electron chi connectivity index (χ3n) is 6.23. The lowest BCUT2D eigenvalue weighted by Crippen LogP contribution is -2.15. The van der Waals surface area contributed by atoms with E-state index in [9.17, 15) is 4.79 Å². The van der Waals surface area contributed by atoms with Crippen molar-refractivity contribution < 1.29 is 33.2 Å². The summed E-state index contributed by atoms with van der Waals surface area (Å²) in [5.41, 5.74) is 5.33. The molecule has 0 aromatic rings. The molecule has 0 saturated heterocycles. The zero-order valence-corrected chi connectivity index (χ0v) is 24.7. The highest BCUT2D eigenvalue weighted by Crippen LogP contribution is 2.13. The molecule has 0 atom stereocenters. The summed E-state index contributed by atoms with van der Waals surface area (Å²) in [4.78, 5) is 11.8. The quantitative estimate of drug-likeness (QED) is 0.0809. The molecule has 0 fully saturated rings. The van der Waals surface area contributed by atoms with Crippen molar-refractivity contribution in [1.82, 2.24) is 0 Å². The van der Waals surface area contributed by atoms with Crippen LogP contribution in [0.5, 0.6) is 0 Å². The molecule has 0 heterocycles. The SMILES string of the molecule is CCCCCCCCCCCCCCCCCC(=O)OCCOCCOCCOCCOCCOCCN. The molecule has 0 aromatic heterocycles. The summed E-state index contributed by atoms with van der Waals surface area (Å²) >= 11 is 0. The molecule has 0 spiro atoms. The molecule has 0 bridgehead atoms. The van der Waals surface area contributed by atoms with Gasteiger partial charge in [-0.1, -0.05) is 96.8 Å². The number of hydrogen-bond donors (Lipinski definition) is 1. The molecule has 0 aliphatic rings. The van der Waals surface area contributed by atoms with Crippen LogP contribution in [0.2, 0.25) is 0 Å². The Kier molecular flexibility index (Phi) is 33.6. The largest absolute Gasteiger partial charge is 0.463 e. The van der Waals surface area contributed by atoms with Crippen molar-refractivity contribution in [3.8, 4) is 0 Å². The number of unbranched alkanes of at least 4 members (excludes halogenated alkanes) is 14. The normalized spacial score (nSPS) is 11.3. The monoisotopic (exact) mass is 547 g/mol. The third kappa shape index (κ3) is 33.3. The van der Waals surface area contributed by atoms with Gasteiger partial charge < -0.3 is 34.2 Å². The van der Waals surface area contributed by atoms with E-state index >= 15 is 0 Å². The Morgan fingerprint density at radius 3 is 1.13 bits per heavy atom. The van der Waals surface area contributed by atoms with Crippen molar-refractivity contribution in [2.75, 3.05) is 79.2 Å². The Morgan fingerprint density at radius 1 is 0.447 bits per heavy atom. The van der Waals surface area contributed by atoms with E-state index in [0.717, 1.165) is 12.8 Å². The molecule has 0 aliphatic carbocycles. The van der Waals surface area contributed by atoms with Crippen LogP contribution in [0.25, 0.3) is 0 Å². The molecule has 0 rings (SSSR count). The molecule has 38 heavy (non-hydrogen) atoms. The first kappa shape index (κ1) is 37.2. The molecule has 0 saturated carbocycles. The fourth-order valence-corrected chi connectivity index (χ4v) is 3.99. The second kappa shape index (κ2) is 34.3. The Hall–Kier alpha value is -0.770. The van der Waals surface area contributed by atoms with Crippen LogP contribution in [0.15, 0.2) is 0 Å². The maximum Gasteiger partial charge on any atom is 0.305 e. The molecule has 2 N–H and O–H groups in total. The summed E-state index contributed by atoms with van der Waals surface area (Å²) in [6.45, 7) is 8.23. The second-order valence-corrected chi connectivity index (χ2v) is 9.77. The van der Waals surface area contributed by atoms with Gasteiger partial charge >= 0.3 is 5.97 Å². The number of ether oxygens (including phenoxy) is 6. The van der Waals surface area contributed by atoms with Gasteiger partial charge in [-0.3, -0.25) is 4.79 Å². The smallest absolute Gasteiger partial charge is 0.305 e. The lowest BCUT2D eigenvalue weighted by Gasteiger charge is -2.08. The second-order valence-electron chi connectivity index (χ2n) is 9.77. The molecule has 0 amide bonds. The Morgan fingerprint density at radius 2 is 0.763 bits per heavy atom. The van der Waals surface area contributed by atoms with E-state index in [1.165, 1.54) is 83.5 Å². The lowest BCUT2D eigenvalue weighted by atomic mass is 10.0. The minimum atomic E-state index is -0.122. The van der Waals surface area contributed by atoms with Gasteiger partial charge in [-0.05, 0) is 6.42 Å². The van der Waals surface area contributed by atoms with Crippen LogP contribution in [0, 0.1) is 0 Å². The van der Waals surface area contributed by atoms with Crippen LogP contribution in [-0.2, 0) is 33.2 Å². The Labute approximate surface area is 234 Å². The lowest BCUT2D eigenvalue weighted by molar-refractivity contribution is -0.145. The zero-order chi connectivity index (χ0) is 27.6. The topological polar surface area (TPSA) is 98.5 Å². The van der Waals surface area contributed by atoms with Gasteiger partial charge in [0.25, 0.3) is 0 Å². The maximum atomic E-state index is 11.8. The van der Waals surface area contributed by atoms with E-state index in [0.29, 0.717) is 85.6 Å². The summed E-state index contributed by atoms with van der Waals surface area (Å²) in [5, 5.41) is 0. The third-order valence-corrected chi connectivity index (χ3v) is 6.23. The van der Waals surface area contributed by atoms with Crippen molar-refractivity contribution in [3.63, 3.8) is 0 Å². The van der Waals surface area contributed by atoms with Gasteiger partial charge in [0.2, 0.25) is 0 Å². The van der Waals surface area contributed by atoms with Gasteiger partial charge in [-0.2, -0.15) is 0 Å². The fourth-order valence-electron chi connectivity index (χ4n) is 3.99. The molecule has 8 nitrogen and oxygen atoms in total. The van der Waals surface area contributed by atoms with Gasteiger partial charge in [0.1, 0.15) is 6.61 Å². The van der Waals surface area contributed by atoms with E-state index < -0.39 is 0 Å². The van der Waals surface area contributed by atoms with E-state index in [4.69, 9.17) is 34.2 Å². The first-order valence-electron chi connectivity index (χ1n) is 15.6. The molecular formula is C30H61NO7. The number of esters is 1. The summed E-state index contributed by atoms with van der Waals surface area (Å²) in [6.07, 6.45) is 20.3. The summed E-state index contributed by atoms with van der Waals surface area (Å²) in [5.74, 6) is -0.122. The Bertz CT molecular complexity index is 454. The molecule has 0 aliphatic heterocycles. The van der Waals surface area contributed by atoms with Gasteiger partial charge in [0.05, 0.1) is 66.1 Å². The van der Waals surface area contributed by atoms with E-state index in [1.54, 1.807) is 0 Å². The molecule has 0 unspecified atom stereocenters. The van der Waals surface area contributed by atoms with Gasteiger partial charge in [-0.15, -0.1) is 0 Å². The van der Waals surface area contributed by atoms with Crippen molar-refractivity contribution in [2.24, 2.45) is 5.73 Å². The average molecular weight is 548 g/mol. The highest BCUT2D eigenvalue weighted by Gasteiger charge is 2.03. The zero-order valence-electron chi connectivity index (χ0n) is 24.7. The summed E-state index contributed by atoms with van der Waals surface area (Å²) < 4.78 is 32.1. The van der Waals surface area contributed by atoms with Crippen LogP contribution in [0.1, 0.15) is 110 Å². The number of carbonyl (C=O) groups is 1. The number of nitrogens with two attached hydrogens (primary N) is 1. The van der Waals surface area contributed by atoms with Gasteiger partial charge in [0.15, 0.2) is 0 Å². The van der Waals surface area contributed by atoms with Gasteiger partial charge in [-0.25, -0.2) is 0 Å². The van der Waals surface area contributed by atoms with Crippen molar-refractivity contribution in [1.29, 1.82) is 0 Å². The highest BCUT2D eigenvalue weighted by molar-refractivity contribution is 5.69. The molecule has 0 aromatic carbocycles. The van der Waals surface area contributed by atoms with Crippen molar-refractivity contribution >= 4 is 5.97 Å². The van der Waals surface area contributed by atoms with Crippen molar-refractivity contribution in [3.05, 3.63) is 0 Å². The standard InChI is InChI=1S/C30H61NO7/c1-2-3-4-5-6-7-8-9-10-11-12-13-14-15-16-17-30(32)38-29-28-37-27-26-36-25-24-35-23-22-34-21-20-33-19-18-31/h2-29,31H2,1H3. The molecule has 228 valence electrons. The van der Waals surface area contributed by atoms with Crippen LogP contribution >= 0.6 is 0 Å². The number of rotatable bonds is 33. The van der Waals surface area contributed by atoms with E-state index in [2.05, 4.69) is 6.92 Å². The van der Waals surface area contributed by atoms with Crippen LogP contribution < -0.4 is 5.73 Å². The van der Waals surface area contributed by atoms with Crippen LogP contribution in [-0.4, -0.2) is 85.2 Å². The first-order chi connectivity index (χ1) is 18.8. The van der Waals surface area contributed by atoms with Gasteiger partial charge in [0, 0.05) is 13.0 Å². The minimum absolute atomic E-state index is 0.122. The highest BCUT2D eigenvalue weighted by atomic mass is 16.6. The minimum Gasteiger partial charge on any atom is -0.463 e.